The van der Waals surface area contributed by atoms with Crippen LogP contribution in [0.1, 0.15) is 96.0 Å². The van der Waals surface area contributed by atoms with Crippen molar-refractivity contribution in [2.45, 2.75) is 102 Å². The van der Waals surface area contributed by atoms with Crippen molar-refractivity contribution in [2.75, 3.05) is 0 Å². The number of rotatable bonds is 11. The van der Waals surface area contributed by atoms with Gasteiger partial charge in [0.15, 0.2) is 0 Å². The smallest absolute Gasteiger partial charge is 0.0679 e. The number of unbranched alkanes of at least 4 members (excludes halogenated alkanes) is 6. The van der Waals surface area contributed by atoms with Gasteiger partial charge in [0, 0.05) is 0 Å². The highest BCUT2D eigenvalue weighted by Crippen LogP contribution is 2.38. The maximum atomic E-state index is 11.3. The van der Waals surface area contributed by atoms with Crippen molar-refractivity contribution in [3.05, 3.63) is 35.9 Å². The summed E-state index contributed by atoms with van der Waals surface area (Å²) in [5.41, 5.74) is 0.987. The van der Waals surface area contributed by atoms with Gasteiger partial charge in [0.1, 0.15) is 0 Å². The summed E-state index contributed by atoms with van der Waals surface area (Å²) in [5, 5.41) is 11.3. The summed E-state index contributed by atoms with van der Waals surface area (Å²) < 4.78 is 0. The van der Waals surface area contributed by atoms with Crippen LogP contribution in [0.3, 0.4) is 0 Å². The van der Waals surface area contributed by atoms with Gasteiger partial charge in [-0.25, -0.2) is 0 Å². The minimum Gasteiger partial charge on any atom is -0.390 e. The van der Waals surface area contributed by atoms with Crippen LogP contribution in [0.4, 0.5) is 0 Å². The first-order chi connectivity index (χ1) is 11.7. The molecule has 1 aromatic rings. The van der Waals surface area contributed by atoms with Crippen LogP contribution in [-0.4, -0.2) is 10.7 Å². The second-order valence-electron chi connectivity index (χ2n) is 7.96. The number of hydrogen-bond acceptors (Lipinski definition) is 1. The van der Waals surface area contributed by atoms with Crippen LogP contribution in [-0.2, 0) is 6.42 Å². The van der Waals surface area contributed by atoms with Crippen LogP contribution >= 0.6 is 0 Å². The van der Waals surface area contributed by atoms with Crippen molar-refractivity contribution < 1.29 is 5.11 Å². The Morgan fingerprint density at radius 1 is 0.875 bits per heavy atom. The Hall–Kier alpha value is -0.820. The van der Waals surface area contributed by atoms with E-state index in [-0.39, 0.29) is 0 Å². The van der Waals surface area contributed by atoms with Crippen molar-refractivity contribution in [3.8, 4) is 0 Å². The van der Waals surface area contributed by atoms with Crippen molar-refractivity contribution in [2.24, 2.45) is 5.92 Å². The quantitative estimate of drug-likeness (QED) is 0.449. The third-order valence-electron chi connectivity index (χ3n) is 5.96. The SMILES string of the molecule is CCCCCCCCCC(Cc1ccccc1)C1(O)CCCCC1. The van der Waals surface area contributed by atoms with Crippen LogP contribution in [0.2, 0.25) is 0 Å². The number of aliphatic hydroxyl groups is 1. The average Bonchev–Trinajstić information content (AvgIpc) is 2.61. The van der Waals surface area contributed by atoms with E-state index in [9.17, 15) is 5.11 Å². The Balaban J connectivity index is 1.83. The van der Waals surface area contributed by atoms with Gasteiger partial charge in [-0.3, -0.25) is 0 Å². The molecule has 0 spiro atoms. The van der Waals surface area contributed by atoms with Gasteiger partial charge in [-0.15, -0.1) is 0 Å². The van der Waals surface area contributed by atoms with E-state index in [4.69, 9.17) is 0 Å². The van der Waals surface area contributed by atoms with E-state index in [0.717, 1.165) is 19.3 Å². The molecule has 1 saturated carbocycles. The fourth-order valence-corrected chi connectivity index (χ4v) is 4.38. The lowest BCUT2D eigenvalue weighted by Gasteiger charge is -2.39. The van der Waals surface area contributed by atoms with E-state index in [1.54, 1.807) is 0 Å². The highest BCUT2D eigenvalue weighted by molar-refractivity contribution is 5.16. The monoisotopic (exact) mass is 330 g/mol. The minimum absolute atomic E-state index is 0.406. The molecule has 0 amide bonds. The van der Waals surface area contributed by atoms with Crippen molar-refractivity contribution >= 4 is 0 Å². The summed E-state index contributed by atoms with van der Waals surface area (Å²) in [6, 6.07) is 10.8. The molecule has 1 heteroatoms. The molecule has 0 heterocycles. The molecular formula is C23H38O. The molecule has 2 rings (SSSR count). The van der Waals surface area contributed by atoms with Crippen LogP contribution in [0.25, 0.3) is 0 Å². The normalized spacial score (nSPS) is 18.4. The van der Waals surface area contributed by atoms with Crippen molar-refractivity contribution in [1.29, 1.82) is 0 Å². The molecule has 0 bridgehead atoms. The first-order valence-corrected chi connectivity index (χ1v) is 10.5. The summed E-state index contributed by atoms with van der Waals surface area (Å²) in [7, 11) is 0. The topological polar surface area (TPSA) is 20.2 Å². The fourth-order valence-electron chi connectivity index (χ4n) is 4.38. The van der Waals surface area contributed by atoms with Crippen molar-refractivity contribution in [1.82, 2.24) is 0 Å². The van der Waals surface area contributed by atoms with Crippen LogP contribution in [0.15, 0.2) is 30.3 Å². The Bertz CT molecular complexity index is 419. The zero-order valence-electron chi connectivity index (χ0n) is 15.8. The molecule has 0 aromatic heterocycles. The zero-order valence-corrected chi connectivity index (χ0v) is 15.8. The fraction of sp³-hybridized carbons (Fsp3) is 0.739. The van der Waals surface area contributed by atoms with Gasteiger partial charge in [0.05, 0.1) is 5.60 Å². The Morgan fingerprint density at radius 2 is 1.50 bits per heavy atom. The molecule has 0 radical (unpaired) electrons. The van der Waals surface area contributed by atoms with Gasteiger partial charge in [-0.05, 0) is 37.2 Å². The lowest BCUT2D eigenvalue weighted by molar-refractivity contribution is -0.0528. The predicted octanol–water partition coefficient (Wildman–Crippen LogP) is 6.68. The Kier molecular flexibility index (Phi) is 8.88. The van der Waals surface area contributed by atoms with Gasteiger partial charge in [0.25, 0.3) is 0 Å². The molecule has 1 aromatic carbocycles. The van der Waals surface area contributed by atoms with E-state index in [2.05, 4.69) is 37.3 Å². The second kappa shape index (κ2) is 10.9. The largest absolute Gasteiger partial charge is 0.390 e. The standard InChI is InChI=1S/C23H38O/c1-2-3-4-5-6-7-12-17-22(20-21-15-10-8-11-16-21)23(24)18-13-9-14-19-23/h8,10-11,15-16,22,24H,2-7,9,12-14,17-20H2,1H3. The summed E-state index contributed by atoms with van der Waals surface area (Å²) >= 11 is 0. The minimum atomic E-state index is -0.406. The molecule has 1 unspecified atom stereocenters. The first kappa shape index (κ1) is 19.5. The Labute approximate surface area is 149 Å². The van der Waals surface area contributed by atoms with E-state index in [0.29, 0.717) is 5.92 Å². The summed E-state index contributed by atoms with van der Waals surface area (Å²) in [4.78, 5) is 0. The van der Waals surface area contributed by atoms with Gasteiger partial charge in [-0.2, -0.15) is 0 Å². The van der Waals surface area contributed by atoms with Gasteiger partial charge >= 0.3 is 0 Å². The number of hydrogen-bond donors (Lipinski definition) is 1. The highest BCUT2D eigenvalue weighted by atomic mass is 16.3. The first-order valence-electron chi connectivity index (χ1n) is 10.5. The molecule has 1 atom stereocenters. The lowest BCUT2D eigenvalue weighted by Crippen LogP contribution is -2.41. The molecule has 1 N–H and O–H groups in total. The van der Waals surface area contributed by atoms with Gasteiger partial charge in [-0.1, -0.05) is 101 Å². The van der Waals surface area contributed by atoms with Crippen LogP contribution in [0, 0.1) is 5.92 Å². The molecular weight excluding hydrogens is 292 g/mol. The van der Waals surface area contributed by atoms with Crippen LogP contribution in [0.5, 0.6) is 0 Å². The molecule has 24 heavy (non-hydrogen) atoms. The van der Waals surface area contributed by atoms with E-state index in [1.165, 1.54) is 76.2 Å². The summed E-state index contributed by atoms with van der Waals surface area (Å²) in [5.74, 6) is 0.441. The molecule has 0 aliphatic heterocycles. The molecule has 1 fully saturated rings. The maximum absolute atomic E-state index is 11.3. The number of benzene rings is 1. The van der Waals surface area contributed by atoms with Crippen LogP contribution < -0.4 is 0 Å². The van der Waals surface area contributed by atoms with Gasteiger partial charge in [0.2, 0.25) is 0 Å². The van der Waals surface area contributed by atoms with E-state index >= 15 is 0 Å². The van der Waals surface area contributed by atoms with E-state index in [1.807, 2.05) is 0 Å². The summed E-state index contributed by atoms with van der Waals surface area (Å²) in [6.07, 6.45) is 17.5. The molecule has 1 aliphatic rings. The zero-order chi connectivity index (χ0) is 17.1. The Morgan fingerprint density at radius 3 is 2.17 bits per heavy atom. The highest BCUT2D eigenvalue weighted by Gasteiger charge is 2.37. The van der Waals surface area contributed by atoms with E-state index < -0.39 is 5.60 Å². The molecule has 1 aliphatic carbocycles. The molecule has 1 nitrogen and oxygen atoms in total. The lowest BCUT2D eigenvalue weighted by atomic mass is 9.71. The van der Waals surface area contributed by atoms with Crippen molar-refractivity contribution in [3.63, 3.8) is 0 Å². The second-order valence-corrected chi connectivity index (χ2v) is 7.96. The molecule has 0 saturated heterocycles. The predicted molar refractivity (Wildman–Crippen MR) is 104 cm³/mol. The average molecular weight is 331 g/mol. The third-order valence-corrected chi connectivity index (χ3v) is 5.96. The maximum Gasteiger partial charge on any atom is 0.0679 e. The van der Waals surface area contributed by atoms with Gasteiger partial charge < -0.3 is 5.11 Å². The third kappa shape index (κ3) is 6.59. The molecule has 136 valence electrons. The summed E-state index contributed by atoms with van der Waals surface area (Å²) in [6.45, 7) is 2.28.